The van der Waals surface area contributed by atoms with Gasteiger partial charge in [0.15, 0.2) is 5.78 Å². The predicted molar refractivity (Wildman–Crippen MR) is 147 cm³/mol. The summed E-state index contributed by atoms with van der Waals surface area (Å²) in [6.45, 7) is 16.9. The summed E-state index contributed by atoms with van der Waals surface area (Å²) < 4.78 is 11.7. The number of carbonyl (C=O) groups is 2. The lowest BCUT2D eigenvalue weighted by atomic mass is 9.88. The van der Waals surface area contributed by atoms with Gasteiger partial charge >= 0.3 is 5.97 Å². The first kappa shape index (κ1) is 29.7. The van der Waals surface area contributed by atoms with Gasteiger partial charge in [-0.15, -0.1) is 0 Å². The van der Waals surface area contributed by atoms with Gasteiger partial charge in [-0.05, 0) is 45.0 Å². The van der Waals surface area contributed by atoms with Crippen LogP contribution in [0.25, 0.3) is 0 Å². The molecule has 0 N–H and O–H groups in total. The monoisotopic (exact) mass is 516 g/mol. The van der Waals surface area contributed by atoms with Crippen LogP contribution in [0, 0.1) is 5.41 Å². The van der Waals surface area contributed by atoms with Crippen molar-refractivity contribution in [3.05, 3.63) is 35.4 Å². The molecule has 2 fully saturated rings. The minimum absolute atomic E-state index is 0.0174. The molecule has 8 nitrogen and oxygen atoms in total. The van der Waals surface area contributed by atoms with E-state index in [4.69, 9.17) is 9.47 Å². The van der Waals surface area contributed by atoms with E-state index < -0.39 is 0 Å². The van der Waals surface area contributed by atoms with Gasteiger partial charge in [0, 0.05) is 51.9 Å². The SMILES string of the molecule is CCCCN1CCN(CC(COC)(COC(=O)c2ccc(C(C)=O)cc2)CN2CCN(CCCC)C2)C1. The summed E-state index contributed by atoms with van der Waals surface area (Å²) in [5.41, 5.74) is 0.731. The van der Waals surface area contributed by atoms with Crippen molar-refractivity contribution in [1.82, 2.24) is 19.6 Å². The minimum atomic E-state index is -0.354. The molecule has 2 aliphatic heterocycles. The molecule has 0 atom stereocenters. The number of hydrogen-bond donors (Lipinski definition) is 0. The highest BCUT2D eigenvalue weighted by molar-refractivity contribution is 5.96. The van der Waals surface area contributed by atoms with Crippen LogP contribution in [0.15, 0.2) is 24.3 Å². The lowest BCUT2D eigenvalue weighted by Gasteiger charge is -2.39. The number of ether oxygens (including phenoxy) is 2. The van der Waals surface area contributed by atoms with Crippen LogP contribution in [-0.2, 0) is 9.47 Å². The zero-order chi connectivity index (χ0) is 26.7. The topological polar surface area (TPSA) is 65.6 Å². The van der Waals surface area contributed by atoms with E-state index in [-0.39, 0.29) is 17.2 Å². The molecule has 0 spiro atoms. The predicted octanol–water partition coefficient (Wildman–Crippen LogP) is 3.43. The van der Waals surface area contributed by atoms with E-state index in [0.717, 1.165) is 65.7 Å². The molecule has 0 aliphatic carbocycles. The molecule has 1 aromatic rings. The van der Waals surface area contributed by atoms with Crippen LogP contribution >= 0.6 is 0 Å². The summed E-state index contributed by atoms with van der Waals surface area (Å²) in [5, 5.41) is 0. The van der Waals surface area contributed by atoms with E-state index >= 15 is 0 Å². The Balaban J connectivity index is 1.70. The van der Waals surface area contributed by atoms with E-state index in [2.05, 4.69) is 33.4 Å². The van der Waals surface area contributed by atoms with Crippen molar-refractivity contribution in [3.63, 3.8) is 0 Å². The third kappa shape index (κ3) is 9.14. The molecule has 1 aromatic carbocycles. The summed E-state index contributed by atoms with van der Waals surface area (Å²) in [4.78, 5) is 34.6. The quantitative estimate of drug-likeness (QED) is 0.245. The van der Waals surface area contributed by atoms with Crippen molar-refractivity contribution in [2.24, 2.45) is 5.41 Å². The molecule has 0 bridgehead atoms. The number of hydrogen-bond acceptors (Lipinski definition) is 8. The number of esters is 1. The second-order valence-corrected chi connectivity index (χ2v) is 11.0. The Morgan fingerprint density at radius 3 is 1.73 bits per heavy atom. The van der Waals surface area contributed by atoms with Gasteiger partial charge in [-0.2, -0.15) is 0 Å². The summed E-state index contributed by atoms with van der Waals surface area (Å²) in [5.74, 6) is -0.371. The highest BCUT2D eigenvalue weighted by Gasteiger charge is 2.39. The van der Waals surface area contributed by atoms with Crippen molar-refractivity contribution in [2.75, 3.05) is 86.0 Å². The van der Waals surface area contributed by atoms with Gasteiger partial charge in [0.25, 0.3) is 0 Å². The van der Waals surface area contributed by atoms with Crippen molar-refractivity contribution in [3.8, 4) is 0 Å². The van der Waals surface area contributed by atoms with E-state index in [1.165, 1.54) is 32.6 Å². The van der Waals surface area contributed by atoms with Gasteiger partial charge in [-0.1, -0.05) is 38.8 Å². The molecule has 208 valence electrons. The third-order valence-electron chi connectivity index (χ3n) is 7.53. The van der Waals surface area contributed by atoms with E-state index in [1.54, 1.807) is 31.4 Å². The highest BCUT2D eigenvalue weighted by Crippen LogP contribution is 2.26. The summed E-state index contributed by atoms with van der Waals surface area (Å²) in [6, 6.07) is 6.72. The largest absolute Gasteiger partial charge is 0.461 e. The molecule has 0 radical (unpaired) electrons. The summed E-state index contributed by atoms with van der Waals surface area (Å²) in [7, 11) is 1.74. The molecular weight excluding hydrogens is 468 g/mol. The number of nitrogens with zero attached hydrogens (tertiary/aromatic N) is 4. The van der Waals surface area contributed by atoms with Gasteiger partial charge < -0.3 is 9.47 Å². The van der Waals surface area contributed by atoms with Crippen molar-refractivity contribution >= 4 is 11.8 Å². The molecule has 0 amide bonds. The van der Waals surface area contributed by atoms with Crippen LogP contribution in [0.5, 0.6) is 0 Å². The van der Waals surface area contributed by atoms with Crippen LogP contribution in [0.1, 0.15) is 67.2 Å². The second kappa shape index (κ2) is 14.9. The fraction of sp³-hybridized carbons (Fsp3) is 0.724. The average Bonchev–Trinajstić information content (AvgIpc) is 3.53. The number of Topliss-reactive ketones (excluding diaryl/α,β-unsaturated/α-hetero) is 1. The van der Waals surface area contributed by atoms with Crippen molar-refractivity contribution in [2.45, 2.75) is 46.5 Å². The third-order valence-corrected chi connectivity index (χ3v) is 7.53. The van der Waals surface area contributed by atoms with E-state index in [9.17, 15) is 9.59 Å². The van der Waals surface area contributed by atoms with Gasteiger partial charge in [0.05, 0.1) is 30.9 Å². The number of rotatable bonds is 16. The molecule has 3 rings (SSSR count). The number of benzene rings is 1. The highest BCUT2D eigenvalue weighted by atomic mass is 16.5. The van der Waals surface area contributed by atoms with Crippen LogP contribution in [-0.4, -0.2) is 117 Å². The minimum Gasteiger partial charge on any atom is -0.461 e. The van der Waals surface area contributed by atoms with Crippen molar-refractivity contribution < 1.29 is 19.1 Å². The first-order valence-corrected chi connectivity index (χ1v) is 14.0. The Kier molecular flexibility index (Phi) is 12.0. The Morgan fingerprint density at radius 1 is 0.784 bits per heavy atom. The Labute approximate surface area is 223 Å². The summed E-state index contributed by atoms with van der Waals surface area (Å²) in [6.07, 6.45) is 4.85. The number of ketones is 1. The zero-order valence-electron chi connectivity index (χ0n) is 23.5. The fourth-order valence-electron chi connectivity index (χ4n) is 5.47. The summed E-state index contributed by atoms with van der Waals surface area (Å²) >= 11 is 0. The molecule has 0 saturated carbocycles. The second-order valence-electron chi connectivity index (χ2n) is 11.0. The average molecular weight is 517 g/mol. The molecular formula is C29H48N4O4. The first-order valence-electron chi connectivity index (χ1n) is 14.0. The molecule has 8 heteroatoms. The lowest BCUT2D eigenvalue weighted by Crippen LogP contribution is -2.51. The van der Waals surface area contributed by atoms with Gasteiger partial charge in [0.2, 0.25) is 0 Å². The maximum absolute atomic E-state index is 13.0. The van der Waals surface area contributed by atoms with Crippen LogP contribution in [0.4, 0.5) is 0 Å². The maximum atomic E-state index is 13.0. The molecule has 0 unspecified atom stereocenters. The maximum Gasteiger partial charge on any atom is 0.338 e. The molecule has 2 saturated heterocycles. The van der Waals surface area contributed by atoms with E-state index in [0.29, 0.717) is 24.3 Å². The molecule has 0 aromatic heterocycles. The zero-order valence-corrected chi connectivity index (χ0v) is 23.5. The van der Waals surface area contributed by atoms with Gasteiger partial charge in [-0.25, -0.2) is 4.79 Å². The van der Waals surface area contributed by atoms with Crippen LogP contribution in [0.2, 0.25) is 0 Å². The molecule has 2 aliphatic rings. The van der Waals surface area contributed by atoms with Crippen LogP contribution in [0.3, 0.4) is 0 Å². The first-order chi connectivity index (χ1) is 17.9. The Hall–Kier alpha value is -1.84. The number of carbonyl (C=O) groups excluding carboxylic acids is 2. The van der Waals surface area contributed by atoms with E-state index in [1.807, 2.05) is 0 Å². The van der Waals surface area contributed by atoms with Crippen molar-refractivity contribution in [1.29, 1.82) is 0 Å². The number of unbranched alkanes of at least 4 members (excludes halogenated alkanes) is 2. The van der Waals surface area contributed by atoms with Crippen LogP contribution < -0.4 is 0 Å². The molecule has 2 heterocycles. The normalized spacial score (nSPS) is 18.1. The Bertz CT molecular complexity index is 819. The fourth-order valence-corrected chi connectivity index (χ4v) is 5.47. The van der Waals surface area contributed by atoms with Gasteiger partial charge in [0.1, 0.15) is 6.61 Å². The van der Waals surface area contributed by atoms with Gasteiger partial charge in [-0.3, -0.25) is 24.4 Å². The Morgan fingerprint density at radius 2 is 1.27 bits per heavy atom. The number of methoxy groups -OCH3 is 1. The molecule has 37 heavy (non-hydrogen) atoms. The standard InChI is InChI=1S/C29H48N4O4/c1-5-7-13-30-15-17-32(23-30)19-29(21-36-4,20-33-18-16-31(24-33)14-8-6-2)22-37-28(35)27-11-9-26(10-12-27)25(3)34/h9-12H,5-8,13-24H2,1-4H3. The smallest absolute Gasteiger partial charge is 0.338 e. The lowest BCUT2D eigenvalue weighted by molar-refractivity contribution is -0.0317.